The van der Waals surface area contributed by atoms with Crippen LogP contribution in [0.1, 0.15) is 17.2 Å². The topological polar surface area (TPSA) is 95.6 Å². The molecule has 0 aliphatic carbocycles. The summed E-state index contributed by atoms with van der Waals surface area (Å²) in [6.07, 6.45) is -1.09. The van der Waals surface area contributed by atoms with Gasteiger partial charge in [-0.05, 0) is 35.9 Å². The molecule has 0 bridgehead atoms. The molecule has 0 aromatic heterocycles. The van der Waals surface area contributed by atoms with Gasteiger partial charge in [0.15, 0.2) is 0 Å². The van der Waals surface area contributed by atoms with E-state index >= 15 is 0 Å². The first kappa shape index (κ1) is 18.5. The first-order chi connectivity index (χ1) is 11.4. The Kier molecular flexibility index (Phi) is 6.38. The maximum atomic E-state index is 13.7. The molecule has 6 nitrogen and oxygen atoms in total. The van der Waals surface area contributed by atoms with Gasteiger partial charge in [-0.25, -0.2) is 4.39 Å². The largest absolute Gasteiger partial charge is 0.395 e. The Morgan fingerprint density at radius 1 is 1.25 bits per heavy atom. The smallest absolute Gasteiger partial charge is 0.269 e. The molecule has 3 N–H and O–H groups in total. The quantitative estimate of drug-likeness (QED) is 0.492. The SMILES string of the molecule is O=[N+]([O-])c1ccc([C@@H](O)[C@H](CO)NCc2cc(Br)ccc2F)cc1. The van der Waals surface area contributed by atoms with Crippen molar-refractivity contribution >= 4 is 21.6 Å². The fraction of sp³-hybridized carbons (Fsp3) is 0.250. The van der Waals surface area contributed by atoms with Crippen molar-refractivity contribution in [1.29, 1.82) is 0 Å². The van der Waals surface area contributed by atoms with Crippen molar-refractivity contribution in [3.63, 3.8) is 0 Å². The van der Waals surface area contributed by atoms with Gasteiger partial charge in [0.1, 0.15) is 5.82 Å². The van der Waals surface area contributed by atoms with Gasteiger partial charge in [-0.1, -0.05) is 15.9 Å². The van der Waals surface area contributed by atoms with Crippen LogP contribution in [0.3, 0.4) is 0 Å². The van der Waals surface area contributed by atoms with Crippen LogP contribution in [0.4, 0.5) is 10.1 Å². The maximum absolute atomic E-state index is 13.7. The van der Waals surface area contributed by atoms with Gasteiger partial charge in [-0.3, -0.25) is 10.1 Å². The van der Waals surface area contributed by atoms with Crippen LogP contribution in [-0.4, -0.2) is 27.8 Å². The number of aliphatic hydroxyl groups is 2. The third kappa shape index (κ3) is 4.57. The van der Waals surface area contributed by atoms with Crippen LogP contribution in [-0.2, 0) is 6.54 Å². The van der Waals surface area contributed by atoms with E-state index in [1.54, 1.807) is 12.1 Å². The molecule has 0 spiro atoms. The minimum atomic E-state index is -1.09. The fourth-order valence-electron chi connectivity index (χ4n) is 2.22. The van der Waals surface area contributed by atoms with E-state index in [2.05, 4.69) is 21.2 Å². The van der Waals surface area contributed by atoms with Crippen LogP contribution in [0.15, 0.2) is 46.9 Å². The number of aliphatic hydroxyl groups excluding tert-OH is 2. The molecule has 0 saturated heterocycles. The number of nitro benzene ring substituents is 1. The molecule has 0 aliphatic rings. The zero-order valence-corrected chi connectivity index (χ0v) is 14.1. The standard InChI is InChI=1S/C16H16BrFN2O4/c17-12-3-6-14(18)11(7-12)8-19-15(9-21)16(22)10-1-4-13(5-2-10)20(23)24/h1-7,15-16,19,21-22H,8-9H2/t15-,16+/m0/s1. The van der Waals surface area contributed by atoms with E-state index < -0.39 is 22.9 Å². The lowest BCUT2D eigenvalue weighted by molar-refractivity contribution is -0.384. The van der Waals surface area contributed by atoms with Gasteiger partial charge in [0.25, 0.3) is 5.69 Å². The molecule has 2 aromatic carbocycles. The van der Waals surface area contributed by atoms with Crippen LogP contribution in [0, 0.1) is 15.9 Å². The summed E-state index contributed by atoms with van der Waals surface area (Å²) in [5.74, 6) is -0.396. The highest BCUT2D eigenvalue weighted by molar-refractivity contribution is 9.10. The van der Waals surface area contributed by atoms with E-state index in [1.807, 2.05) is 0 Å². The second kappa shape index (κ2) is 8.29. The van der Waals surface area contributed by atoms with Crippen LogP contribution in [0.2, 0.25) is 0 Å². The van der Waals surface area contributed by atoms with Gasteiger partial charge in [-0.15, -0.1) is 0 Å². The Bertz CT molecular complexity index is 712. The molecule has 2 aromatic rings. The van der Waals surface area contributed by atoms with Gasteiger partial charge >= 0.3 is 0 Å². The Morgan fingerprint density at radius 2 is 1.92 bits per heavy atom. The van der Waals surface area contributed by atoms with Crippen LogP contribution in [0.5, 0.6) is 0 Å². The van der Waals surface area contributed by atoms with E-state index in [0.717, 1.165) is 4.47 Å². The Hall–Kier alpha value is -1.87. The molecular weight excluding hydrogens is 383 g/mol. The third-order valence-electron chi connectivity index (χ3n) is 3.59. The van der Waals surface area contributed by atoms with Crippen molar-refractivity contribution in [2.24, 2.45) is 0 Å². The lowest BCUT2D eigenvalue weighted by Crippen LogP contribution is -2.37. The van der Waals surface area contributed by atoms with Gasteiger partial charge in [0.05, 0.1) is 23.7 Å². The van der Waals surface area contributed by atoms with E-state index in [9.17, 15) is 24.7 Å². The summed E-state index contributed by atoms with van der Waals surface area (Å²) in [6.45, 7) is -0.270. The second-order valence-electron chi connectivity index (χ2n) is 5.20. The number of nitrogens with one attached hydrogen (secondary N) is 1. The molecule has 0 amide bonds. The summed E-state index contributed by atoms with van der Waals surface area (Å²) in [5.41, 5.74) is 0.719. The minimum Gasteiger partial charge on any atom is -0.395 e. The highest BCUT2D eigenvalue weighted by atomic mass is 79.9. The summed E-state index contributed by atoms with van der Waals surface area (Å²) >= 11 is 3.26. The summed E-state index contributed by atoms with van der Waals surface area (Å²) < 4.78 is 14.4. The van der Waals surface area contributed by atoms with Gasteiger partial charge < -0.3 is 15.5 Å². The molecule has 24 heavy (non-hydrogen) atoms. The number of nitro groups is 1. The van der Waals surface area contributed by atoms with Crippen LogP contribution >= 0.6 is 15.9 Å². The molecule has 0 heterocycles. The normalized spacial score (nSPS) is 13.5. The van der Waals surface area contributed by atoms with E-state index in [4.69, 9.17) is 0 Å². The molecule has 0 unspecified atom stereocenters. The Morgan fingerprint density at radius 3 is 2.50 bits per heavy atom. The van der Waals surface area contributed by atoms with E-state index in [-0.39, 0.29) is 18.8 Å². The molecule has 2 rings (SSSR count). The van der Waals surface area contributed by atoms with Crippen molar-refractivity contribution in [3.05, 3.63) is 74.0 Å². The number of hydrogen-bond acceptors (Lipinski definition) is 5. The number of non-ortho nitro benzene ring substituents is 1. The van der Waals surface area contributed by atoms with Crippen LogP contribution < -0.4 is 5.32 Å². The van der Waals surface area contributed by atoms with E-state index in [1.165, 1.54) is 30.3 Å². The highest BCUT2D eigenvalue weighted by Gasteiger charge is 2.21. The van der Waals surface area contributed by atoms with Crippen molar-refractivity contribution < 1.29 is 19.5 Å². The summed E-state index contributed by atoms with van der Waals surface area (Å²) in [7, 11) is 0. The number of benzene rings is 2. The molecule has 0 saturated carbocycles. The molecular formula is C16H16BrFN2O4. The van der Waals surface area contributed by atoms with Crippen molar-refractivity contribution in [3.8, 4) is 0 Å². The summed E-state index contributed by atoms with van der Waals surface area (Å²) in [6, 6.07) is 9.16. The number of rotatable bonds is 7. The first-order valence-corrected chi connectivity index (χ1v) is 7.92. The van der Waals surface area contributed by atoms with E-state index in [0.29, 0.717) is 11.1 Å². The highest BCUT2D eigenvalue weighted by Crippen LogP contribution is 2.21. The summed E-state index contributed by atoms with van der Waals surface area (Å²) in [5, 5.41) is 33.3. The number of hydrogen-bond donors (Lipinski definition) is 3. The number of nitrogens with zero attached hydrogens (tertiary/aromatic N) is 1. The zero-order valence-electron chi connectivity index (χ0n) is 12.5. The molecule has 0 fully saturated rings. The average molecular weight is 399 g/mol. The van der Waals surface area contributed by atoms with Gasteiger partial charge in [0, 0.05) is 28.7 Å². The monoisotopic (exact) mass is 398 g/mol. The van der Waals surface area contributed by atoms with Crippen molar-refractivity contribution in [2.75, 3.05) is 6.61 Å². The number of halogens is 2. The van der Waals surface area contributed by atoms with Gasteiger partial charge in [0.2, 0.25) is 0 Å². The predicted molar refractivity (Wildman–Crippen MR) is 89.9 cm³/mol. The van der Waals surface area contributed by atoms with Crippen LogP contribution in [0.25, 0.3) is 0 Å². The fourth-order valence-corrected chi connectivity index (χ4v) is 2.63. The molecule has 128 valence electrons. The maximum Gasteiger partial charge on any atom is 0.269 e. The first-order valence-electron chi connectivity index (χ1n) is 7.13. The molecule has 2 atom stereocenters. The molecule has 0 aliphatic heterocycles. The Balaban J connectivity index is 2.07. The minimum absolute atomic E-state index is 0.0873. The molecule has 0 radical (unpaired) electrons. The van der Waals surface area contributed by atoms with Crippen molar-refractivity contribution in [2.45, 2.75) is 18.7 Å². The van der Waals surface area contributed by atoms with Crippen molar-refractivity contribution in [1.82, 2.24) is 5.32 Å². The summed E-state index contributed by atoms with van der Waals surface area (Å²) in [4.78, 5) is 10.1. The second-order valence-corrected chi connectivity index (χ2v) is 6.11. The lowest BCUT2D eigenvalue weighted by atomic mass is 10.0. The third-order valence-corrected chi connectivity index (χ3v) is 4.08. The Labute approximate surface area is 146 Å². The average Bonchev–Trinajstić information content (AvgIpc) is 2.58. The molecule has 8 heteroatoms. The lowest BCUT2D eigenvalue weighted by Gasteiger charge is -2.23. The van der Waals surface area contributed by atoms with Gasteiger partial charge in [-0.2, -0.15) is 0 Å². The zero-order chi connectivity index (χ0) is 17.7. The predicted octanol–water partition coefficient (Wildman–Crippen LogP) is 2.68.